The quantitative estimate of drug-likeness (QED) is 0.628. The van der Waals surface area contributed by atoms with E-state index < -0.39 is 18.2 Å². The number of hydrogen-bond acceptors (Lipinski definition) is 4. The molecule has 3 N–H and O–H groups in total. The van der Waals surface area contributed by atoms with Crippen LogP contribution in [0, 0.1) is 5.82 Å². The highest BCUT2D eigenvalue weighted by Gasteiger charge is 2.47. The lowest BCUT2D eigenvalue weighted by Gasteiger charge is -2.29. The van der Waals surface area contributed by atoms with E-state index in [1.54, 1.807) is 6.07 Å². The monoisotopic (exact) mass is 384 g/mol. The number of likely N-dealkylation sites (tertiary alicyclic amines) is 1. The van der Waals surface area contributed by atoms with Gasteiger partial charge >= 0.3 is 0 Å². The molecule has 0 bridgehead atoms. The molecule has 0 spiro atoms. The first-order valence-electron chi connectivity index (χ1n) is 9.49. The van der Waals surface area contributed by atoms with Crippen molar-refractivity contribution in [1.29, 1.82) is 0 Å². The normalized spacial score (nSPS) is 25.6. The Hall–Kier alpha value is -2.25. The second-order valence-corrected chi connectivity index (χ2v) is 7.59. The summed E-state index contributed by atoms with van der Waals surface area (Å²) in [4.78, 5) is 1.95. The molecule has 0 aliphatic carbocycles. The maximum absolute atomic E-state index is 13.8. The molecule has 6 heteroatoms. The van der Waals surface area contributed by atoms with E-state index in [2.05, 4.69) is 0 Å². The minimum absolute atomic E-state index is 0.261. The van der Waals surface area contributed by atoms with Crippen LogP contribution in [0.3, 0.4) is 0 Å². The number of aliphatic hydroxyl groups excluding tert-OH is 3. The van der Waals surface area contributed by atoms with Crippen LogP contribution in [0.15, 0.2) is 54.7 Å². The third-order valence-electron chi connectivity index (χ3n) is 5.85. The molecule has 2 heterocycles. The second kappa shape index (κ2) is 7.64. The topological polar surface area (TPSA) is 68.9 Å². The zero-order valence-electron chi connectivity index (χ0n) is 15.7. The van der Waals surface area contributed by atoms with Gasteiger partial charge in [0.05, 0.1) is 24.9 Å². The van der Waals surface area contributed by atoms with Crippen molar-refractivity contribution in [3.05, 3.63) is 71.7 Å². The second-order valence-electron chi connectivity index (χ2n) is 7.59. The number of aryl methyl sites for hydroxylation is 1. The van der Waals surface area contributed by atoms with Gasteiger partial charge in [-0.05, 0) is 35.7 Å². The molecule has 0 amide bonds. The molecule has 1 aromatic heterocycles. The van der Waals surface area contributed by atoms with Crippen LogP contribution in [-0.4, -0.2) is 55.7 Å². The van der Waals surface area contributed by atoms with Crippen molar-refractivity contribution in [2.24, 2.45) is 7.05 Å². The van der Waals surface area contributed by atoms with E-state index in [0.717, 1.165) is 22.0 Å². The highest BCUT2D eigenvalue weighted by atomic mass is 19.1. The van der Waals surface area contributed by atoms with Crippen molar-refractivity contribution in [3.63, 3.8) is 0 Å². The highest BCUT2D eigenvalue weighted by molar-refractivity contribution is 5.84. The van der Waals surface area contributed by atoms with Crippen molar-refractivity contribution in [2.75, 3.05) is 6.61 Å². The predicted octanol–water partition coefficient (Wildman–Crippen LogP) is 1.83. The minimum atomic E-state index is -1.04. The number of rotatable bonds is 5. The van der Waals surface area contributed by atoms with Crippen molar-refractivity contribution in [3.8, 4) is 0 Å². The Kier molecular flexibility index (Phi) is 5.21. The van der Waals surface area contributed by atoms with E-state index in [9.17, 15) is 19.7 Å². The number of nitrogens with zero attached hydrogens (tertiary/aromatic N) is 2. The Morgan fingerprint density at radius 3 is 2.43 bits per heavy atom. The molecule has 0 radical (unpaired) electrons. The van der Waals surface area contributed by atoms with Crippen molar-refractivity contribution < 1.29 is 19.7 Å². The third-order valence-corrected chi connectivity index (χ3v) is 5.85. The van der Waals surface area contributed by atoms with E-state index in [1.807, 2.05) is 53.0 Å². The van der Waals surface area contributed by atoms with Gasteiger partial charge in [-0.15, -0.1) is 0 Å². The van der Waals surface area contributed by atoms with E-state index in [4.69, 9.17) is 0 Å². The summed E-state index contributed by atoms with van der Waals surface area (Å²) >= 11 is 0. The molecule has 4 atom stereocenters. The fraction of sp³-hybridized carbons (Fsp3) is 0.364. The van der Waals surface area contributed by atoms with Crippen LogP contribution in [0.5, 0.6) is 0 Å². The maximum Gasteiger partial charge on any atom is 0.123 e. The Morgan fingerprint density at radius 1 is 1.00 bits per heavy atom. The molecular formula is C22H25FN2O3. The molecule has 2 aromatic carbocycles. The molecule has 28 heavy (non-hydrogen) atoms. The summed E-state index contributed by atoms with van der Waals surface area (Å²) < 4.78 is 15.8. The number of fused-ring (bicyclic) bond motifs is 1. The molecule has 0 saturated carbocycles. The van der Waals surface area contributed by atoms with Gasteiger partial charge in [0.1, 0.15) is 5.82 Å². The van der Waals surface area contributed by atoms with Gasteiger partial charge in [-0.25, -0.2) is 4.39 Å². The number of halogens is 1. The van der Waals surface area contributed by atoms with E-state index in [1.165, 1.54) is 12.1 Å². The molecule has 3 aromatic rings. The average Bonchev–Trinajstić information content (AvgIpc) is 3.11. The average molecular weight is 384 g/mol. The van der Waals surface area contributed by atoms with Crippen LogP contribution in [0.4, 0.5) is 4.39 Å². The van der Waals surface area contributed by atoms with E-state index >= 15 is 0 Å². The van der Waals surface area contributed by atoms with Crippen LogP contribution < -0.4 is 0 Å². The van der Waals surface area contributed by atoms with E-state index in [-0.39, 0.29) is 18.5 Å². The van der Waals surface area contributed by atoms with Gasteiger partial charge in [0.15, 0.2) is 0 Å². The molecule has 1 aliphatic rings. The standard InChI is InChI=1S/C22H25FN2O3/c1-24-11-15(17-10-16(23)7-8-18(17)24)12-25-19(9-14-5-3-2-4-6-14)21(27)22(28)20(25)13-26/h2-8,10-11,19-22,26-28H,9,12-13H2,1H3/t19-,20+,21-,22+/m0/s1. The van der Waals surface area contributed by atoms with Gasteiger partial charge in [0, 0.05) is 36.7 Å². The van der Waals surface area contributed by atoms with Crippen LogP contribution >= 0.6 is 0 Å². The summed E-state index contributed by atoms with van der Waals surface area (Å²) in [6, 6.07) is 13.5. The summed E-state index contributed by atoms with van der Waals surface area (Å²) in [5, 5.41) is 31.8. The van der Waals surface area contributed by atoms with Gasteiger partial charge in [0.2, 0.25) is 0 Å². The fourth-order valence-electron chi connectivity index (χ4n) is 4.40. The van der Waals surface area contributed by atoms with Crippen molar-refractivity contribution in [2.45, 2.75) is 37.3 Å². The minimum Gasteiger partial charge on any atom is -0.395 e. The van der Waals surface area contributed by atoms with Gasteiger partial charge in [-0.1, -0.05) is 30.3 Å². The first-order valence-corrected chi connectivity index (χ1v) is 9.49. The third kappa shape index (κ3) is 3.33. The Bertz CT molecular complexity index is 959. The molecule has 5 nitrogen and oxygen atoms in total. The molecule has 4 rings (SSSR count). The van der Waals surface area contributed by atoms with E-state index in [0.29, 0.717) is 13.0 Å². The zero-order valence-corrected chi connectivity index (χ0v) is 15.7. The smallest absolute Gasteiger partial charge is 0.123 e. The first-order chi connectivity index (χ1) is 13.5. The van der Waals surface area contributed by atoms with Gasteiger partial charge < -0.3 is 19.9 Å². The number of aromatic nitrogens is 1. The van der Waals surface area contributed by atoms with Crippen LogP contribution in [-0.2, 0) is 20.0 Å². The SMILES string of the molecule is Cn1cc(CN2[C@H](CO)[C@@H](O)[C@@H](O)[C@@H]2Cc2ccccc2)c2cc(F)ccc21. The van der Waals surface area contributed by atoms with Crippen LogP contribution in [0.2, 0.25) is 0 Å². The Morgan fingerprint density at radius 2 is 1.71 bits per heavy atom. The number of benzene rings is 2. The summed E-state index contributed by atoms with van der Waals surface area (Å²) in [6.07, 6.45) is 0.485. The summed E-state index contributed by atoms with van der Waals surface area (Å²) in [7, 11) is 1.91. The van der Waals surface area contributed by atoms with Gasteiger partial charge in [-0.2, -0.15) is 0 Å². The lowest BCUT2D eigenvalue weighted by molar-refractivity contribution is 0.0178. The molecule has 1 saturated heterocycles. The number of aliphatic hydroxyl groups is 3. The summed E-state index contributed by atoms with van der Waals surface area (Å²) in [6.45, 7) is 0.139. The Balaban J connectivity index is 1.69. The fourth-order valence-corrected chi connectivity index (χ4v) is 4.40. The number of hydrogen-bond donors (Lipinski definition) is 3. The Labute approximate surface area is 163 Å². The lowest BCUT2D eigenvalue weighted by atomic mass is 10.0. The summed E-state index contributed by atoms with van der Waals surface area (Å²) in [5.74, 6) is -0.305. The zero-order chi connectivity index (χ0) is 19.8. The van der Waals surface area contributed by atoms with Gasteiger partial charge in [0.25, 0.3) is 0 Å². The molecular weight excluding hydrogens is 359 g/mol. The molecule has 0 unspecified atom stereocenters. The molecule has 1 fully saturated rings. The van der Waals surface area contributed by atoms with Crippen molar-refractivity contribution >= 4 is 10.9 Å². The van der Waals surface area contributed by atoms with Crippen LogP contribution in [0.1, 0.15) is 11.1 Å². The maximum atomic E-state index is 13.8. The lowest BCUT2D eigenvalue weighted by Crippen LogP contribution is -2.41. The van der Waals surface area contributed by atoms with Crippen LogP contribution in [0.25, 0.3) is 10.9 Å². The van der Waals surface area contributed by atoms with Crippen molar-refractivity contribution in [1.82, 2.24) is 9.47 Å². The predicted molar refractivity (Wildman–Crippen MR) is 105 cm³/mol. The first kappa shape index (κ1) is 19.1. The molecule has 148 valence electrons. The van der Waals surface area contributed by atoms with Gasteiger partial charge in [-0.3, -0.25) is 4.90 Å². The highest BCUT2D eigenvalue weighted by Crippen LogP contribution is 2.32. The summed E-state index contributed by atoms with van der Waals surface area (Å²) in [5.41, 5.74) is 2.86. The largest absolute Gasteiger partial charge is 0.395 e. The molecule has 1 aliphatic heterocycles.